The first-order chi connectivity index (χ1) is 5.65. The lowest BCUT2D eigenvalue weighted by molar-refractivity contribution is 0.112. The Hall–Kier alpha value is -1.22. The van der Waals surface area contributed by atoms with E-state index in [4.69, 9.17) is 5.73 Å². The van der Waals surface area contributed by atoms with E-state index in [1.54, 1.807) is 6.92 Å². The molecule has 0 saturated carbocycles. The van der Waals surface area contributed by atoms with E-state index in [0.717, 1.165) is 0 Å². The van der Waals surface area contributed by atoms with Crippen LogP contribution in [0.5, 0.6) is 0 Å². The van der Waals surface area contributed by atoms with Crippen molar-refractivity contribution < 1.29 is 9.18 Å². The van der Waals surface area contributed by atoms with Crippen molar-refractivity contribution in [1.29, 1.82) is 0 Å². The number of halogens is 1. The number of hydrogen-bond acceptors (Lipinski definition) is 2. The molecule has 12 heavy (non-hydrogen) atoms. The molecular formula is C9H10FNO. The van der Waals surface area contributed by atoms with E-state index in [1.165, 1.54) is 18.2 Å². The van der Waals surface area contributed by atoms with Gasteiger partial charge < -0.3 is 5.73 Å². The molecule has 2 N–H and O–H groups in total. The smallest absolute Gasteiger partial charge is 0.150 e. The van der Waals surface area contributed by atoms with E-state index < -0.39 is 0 Å². The summed E-state index contributed by atoms with van der Waals surface area (Å²) in [6.45, 7) is 1.71. The summed E-state index contributed by atoms with van der Waals surface area (Å²) in [5.74, 6) is -0.368. The first-order valence-corrected chi connectivity index (χ1v) is 3.65. The maximum absolute atomic E-state index is 12.7. The molecule has 0 saturated heterocycles. The summed E-state index contributed by atoms with van der Waals surface area (Å²) in [5, 5.41) is 0. The Bertz CT molecular complexity index is 297. The second-order valence-corrected chi connectivity index (χ2v) is 2.68. The van der Waals surface area contributed by atoms with E-state index in [2.05, 4.69) is 0 Å². The quantitative estimate of drug-likeness (QED) is 0.680. The molecule has 64 valence electrons. The largest absolute Gasteiger partial charge is 0.324 e. The maximum atomic E-state index is 12.7. The SMILES string of the molecule is CC(N)c1cc(F)ccc1C=O. The summed E-state index contributed by atoms with van der Waals surface area (Å²) in [7, 11) is 0. The van der Waals surface area contributed by atoms with Crippen molar-refractivity contribution in [3.8, 4) is 0 Å². The van der Waals surface area contributed by atoms with Gasteiger partial charge in [0.05, 0.1) is 0 Å². The van der Waals surface area contributed by atoms with Crippen LogP contribution in [0, 0.1) is 5.82 Å². The molecule has 0 fully saturated rings. The van der Waals surface area contributed by atoms with Gasteiger partial charge in [0.2, 0.25) is 0 Å². The molecule has 0 aliphatic rings. The monoisotopic (exact) mass is 167 g/mol. The van der Waals surface area contributed by atoms with Crippen LogP contribution in [0.25, 0.3) is 0 Å². The first kappa shape index (κ1) is 8.87. The molecule has 3 heteroatoms. The van der Waals surface area contributed by atoms with Crippen molar-refractivity contribution in [2.75, 3.05) is 0 Å². The van der Waals surface area contributed by atoms with Crippen LogP contribution < -0.4 is 5.73 Å². The van der Waals surface area contributed by atoms with Crippen molar-refractivity contribution in [2.24, 2.45) is 5.73 Å². The second-order valence-electron chi connectivity index (χ2n) is 2.68. The zero-order chi connectivity index (χ0) is 9.14. The summed E-state index contributed by atoms with van der Waals surface area (Å²) >= 11 is 0. The third kappa shape index (κ3) is 1.68. The molecule has 1 rings (SSSR count). The zero-order valence-electron chi connectivity index (χ0n) is 6.75. The molecule has 0 amide bonds. The van der Waals surface area contributed by atoms with E-state index in [0.29, 0.717) is 17.4 Å². The summed E-state index contributed by atoms with van der Waals surface area (Å²) < 4.78 is 12.7. The highest BCUT2D eigenvalue weighted by atomic mass is 19.1. The van der Waals surface area contributed by atoms with Crippen molar-refractivity contribution in [3.63, 3.8) is 0 Å². The molecule has 2 nitrogen and oxygen atoms in total. The Labute approximate surface area is 70.2 Å². The molecule has 1 unspecified atom stereocenters. The van der Waals surface area contributed by atoms with E-state index in [1.807, 2.05) is 0 Å². The number of carbonyl (C=O) groups is 1. The molecule has 0 radical (unpaired) electrons. The fraction of sp³-hybridized carbons (Fsp3) is 0.222. The van der Waals surface area contributed by atoms with Crippen LogP contribution in [-0.2, 0) is 0 Å². The van der Waals surface area contributed by atoms with Crippen LogP contribution >= 0.6 is 0 Å². The van der Waals surface area contributed by atoms with E-state index in [-0.39, 0.29) is 11.9 Å². The molecule has 1 aromatic carbocycles. The molecule has 1 atom stereocenters. The van der Waals surface area contributed by atoms with Crippen molar-refractivity contribution in [2.45, 2.75) is 13.0 Å². The van der Waals surface area contributed by atoms with Crippen LogP contribution in [0.15, 0.2) is 18.2 Å². The van der Waals surface area contributed by atoms with Gasteiger partial charge in [0.15, 0.2) is 0 Å². The minimum atomic E-state index is -0.368. The van der Waals surface area contributed by atoms with Gasteiger partial charge in [-0.3, -0.25) is 4.79 Å². The predicted octanol–water partition coefficient (Wildman–Crippen LogP) is 1.66. The van der Waals surface area contributed by atoms with Crippen LogP contribution in [0.2, 0.25) is 0 Å². The van der Waals surface area contributed by atoms with Crippen LogP contribution in [0.1, 0.15) is 28.9 Å². The van der Waals surface area contributed by atoms with Crippen LogP contribution in [-0.4, -0.2) is 6.29 Å². The van der Waals surface area contributed by atoms with Gasteiger partial charge in [-0.15, -0.1) is 0 Å². The van der Waals surface area contributed by atoms with Crippen molar-refractivity contribution >= 4 is 6.29 Å². The van der Waals surface area contributed by atoms with Crippen LogP contribution in [0.3, 0.4) is 0 Å². The maximum Gasteiger partial charge on any atom is 0.150 e. The first-order valence-electron chi connectivity index (χ1n) is 3.65. The standard InChI is InChI=1S/C9H10FNO/c1-6(11)9-4-8(10)3-2-7(9)5-12/h2-6H,11H2,1H3. The van der Waals surface area contributed by atoms with Crippen molar-refractivity contribution in [1.82, 2.24) is 0 Å². The third-order valence-electron chi connectivity index (χ3n) is 1.67. The number of hydrogen-bond donors (Lipinski definition) is 1. The fourth-order valence-electron chi connectivity index (χ4n) is 1.05. The fourth-order valence-corrected chi connectivity index (χ4v) is 1.05. The summed E-state index contributed by atoms with van der Waals surface area (Å²) in [6, 6.07) is 3.64. The Kier molecular flexibility index (Phi) is 2.55. The highest BCUT2D eigenvalue weighted by Gasteiger charge is 2.06. The molecule has 0 aromatic heterocycles. The Morgan fingerprint density at radius 2 is 2.25 bits per heavy atom. The average Bonchev–Trinajstić information content (AvgIpc) is 2.04. The summed E-state index contributed by atoms with van der Waals surface area (Å²) in [4.78, 5) is 10.5. The number of rotatable bonds is 2. The molecular weight excluding hydrogens is 157 g/mol. The van der Waals surface area contributed by atoms with Gasteiger partial charge in [0.1, 0.15) is 12.1 Å². The summed E-state index contributed by atoms with van der Waals surface area (Å²) in [5.41, 5.74) is 6.53. The van der Waals surface area contributed by atoms with Gasteiger partial charge in [-0.05, 0) is 30.7 Å². The van der Waals surface area contributed by atoms with Gasteiger partial charge in [0, 0.05) is 11.6 Å². The lowest BCUT2D eigenvalue weighted by Gasteiger charge is -2.07. The Balaban J connectivity index is 3.21. The van der Waals surface area contributed by atoms with E-state index >= 15 is 0 Å². The van der Waals surface area contributed by atoms with Gasteiger partial charge >= 0.3 is 0 Å². The number of benzene rings is 1. The second kappa shape index (κ2) is 3.45. The normalized spacial score (nSPS) is 12.6. The number of carbonyl (C=O) groups excluding carboxylic acids is 1. The van der Waals surface area contributed by atoms with E-state index in [9.17, 15) is 9.18 Å². The topological polar surface area (TPSA) is 43.1 Å². The third-order valence-corrected chi connectivity index (χ3v) is 1.67. The molecule has 0 aliphatic carbocycles. The number of aldehydes is 1. The molecule has 0 heterocycles. The predicted molar refractivity (Wildman–Crippen MR) is 44.4 cm³/mol. The van der Waals surface area contributed by atoms with Gasteiger partial charge in [-0.1, -0.05) is 0 Å². The minimum Gasteiger partial charge on any atom is -0.324 e. The van der Waals surface area contributed by atoms with Gasteiger partial charge in [0.25, 0.3) is 0 Å². The highest BCUT2D eigenvalue weighted by molar-refractivity contribution is 5.77. The summed E-state index contributed by atoms with van der Waals surface area (Å²) in [6.07, 6.45) is 0.679. The Morgan fingerprint density at radius 3 is 2.75 bits per heavy atom. The van der Waals surface area contributed by atoms with Gasteiger partial charge in [-0.2, -0.15) is 0 Å². The lowest BCUT2D eigenvalue weighted by atomic mass is 10.0. The lowest BCUT2D eigenvalue weighted by Crippen LogP contribution is -2.08. The molecule has 0 aliphatic heterocycles. The molecule has 0 bridgehead atoms. The Morgan fingerprint density at radius 1 is 1.58 bits per heavy atom. The minimum absolute atomic E-state index is 0.319. The van der Waals surface area contributed by atoms with Crippen molar-refractivity contribution in [3.05, 3.63) is 35.1 Å². The number of nitrogens with two attached hydrogens (primary N) is 1. The average molecular weight is 167 g/mol. The highest BCUT2D eigenvalue weighted by Crippen LogP contribution is 2.15. The van der Waals surface area contributed by atoms with Crippen LogP contribution in [0.4, 0.5) is 4.39 Å². The zero-order valence-corrected chi connectivity index (χ0v) is 6.75. The van der Waals surface area contributed by atoms with Gasteiger partial charge in [-0.25, -0.2) is 4.39 Å². The molecule has 1 aromatic rings. The molecule has 0 spiro atoms.